The van der Waals surface area contributed by atoms with Gasteiger partial charge in [-0.05, 0) is 37.2 Å². The number of rotatable bonds is 4. The second-order valence-corrected chi connectivity index (χ2v) is 5.73. The number of thiocarbonyl (C=S) groups is 1. The van der Waals surface area contributed by atoms with Crippen LogP contribution in [0, 0.1) is 6.92 Å². The van der Waals surface area contributed by atoms with Gasteiger partial charge in [0.2, 0.25) is 0 Å². The smallest absolute Gasteiger partial charge is 0.169 e. The van der Waals surface area contributed by atoms with Crippen LogP contribution in [0.4, 0.5) is 5.69 Å². The van der Waals surface area contributed by atoms with E-state index in [1.165, 1.54) is 24.1 Å². The van der Waals surface area contributed by atoms with E-state index in [9.17, 15) is 0 Å². The molecule has 1 N–H and O–H groups in total. The first-order valence-corrected chi connectivity index (χ1v) is 7.96. The number of unbranched alkanes of at least 4 members (excludes halogenated alkanes) is 1. The Labute approximate surface area is 128 Å². The zero-order valence-corrected chi connectivity index (χ0v) is 13.4. The third-order valence-electron chi connectivity index (χ3n) is 3.83. The molecule has 1 aliphatic heterocycles. The van der Waals surface area contributed by atoms with E-state index in [-0.39, 0.29) is 0 Å². The highest BCUT2D eigenvalue weighted by molar-refractivity contribution is 7.80. The summed E-state index contributed by atoms with van der Waals surface area (Å²) in [5, 5.41) is 4.28. The number of nitrogens with zero attached hydrogens (tertiary/aromatic N) is 2. The van der Waals surface area contributed by atoms with Crippen LogP contribution in [0.2, 0.25) is 0 Å². The van der Waals surface area contributed by atoms with Crippen molar-refractivity contribution in [3.63, 3.8) is 0 Å². The average molecular weight is 291 g/mol. The lowest BCUT2D eigenvalue weighted by atomic mass is 10.1. The number of hydrogen-bond donors (Lipinski definition) is 1. The van der Waals surface area contributed by atoms with Crippen molar-refractivity contribution < 1.29 is 0 Å². The largest absolute Gasteiger partial charge is 0.368 e. The Hall–Kier alpha value is -1.29. The van der Waals surface area contributed by atoms with Gasteiger partial charge in [0.1, 0.15) is 0 Å². The molecule has 2 rings (SSSR count). The minimum Gasteiger partial charge on any atom is -0.368 e. The molecule has 3 nitrogen and oxygen atoms in total. The Morgan fingerprint density at radius 2 is 1.90 bits per heavy atom. The Kier molecular flexibility index (Phi) is 5.65. The molecule has 1 aromatic carbocycles. The van der Waals surface area contributed by atoms with Crippen molar-refractivity contribution in [3.8, 4) is 0 Å². The van der Waals surface area contributed by atoms with E-state index in [0.29, 0.717) is 0 Å². The summed E-state index contributed by atoms with van der Waals surface area (Å²) in [5.41, 5.74) is 2.71. The summed E-state index contributed by atoms with van der Waals surface area (Å²) in [5.74, 6) is 0. The minimum absolute atomic E-state index is 0.919. The van der Waals surface area contributed by atoms with Crippen LogP contribution in [-0.2, 0) is 0 Å². The van der Waals surface area contributed by atoms with Crippen molar-refractivity contribution in [3.05, 3.63) is 29.8 Å². The van der Waals surface area contributed by atoms with Crippen molar-refractivity contribution in [2.45, 2.75) is 26.7 Å². The lowest BCUT2D eigenvalue weighted by Gasteiger charge is -2.38. The Morgan fingerprint density at radius 1 is 1.20 bits per heavy atom. The SMILES string of the molecule is CCCCNC(=S)N1CCN(c2ccccc2C)CC1. The molecule has 1 fully saturated rings. The van der Waals surface area contributed by atoms with Crippen molar-refractivity contribution in [1.82, 2.24) is 10.2 Å². The first-order valence-electron chi connectivity index (χ1n) is 7.55. The fourth-order valence-corrected chi connectivity index (χ4v) is 2.84. The molecule has 0 aromatic heterocycles. The van der Waals surface area contributed by atoms with Crippen molar-refractivity contribution in [2.24, 2.45) is 0 Å². The van der Waals surface area contributed by atoms with E-state index in [0.717, 1.165) is 37.8 Å². The minimum atomic E-state index is 0.919. The Balaban J connectivity index is 1.83. The highest BCUT2D eigenvalue weighted by Gasteiger charge is 2.19. The number of para-hydroxylation sites is 1. The van der Waals surface area contributed by atoms with Crippen LogP contribution in [0.1, 0.15) is 25.3 Å². The molecule has 20 heavy (non-hydrogen) atoms. The van der Waals surface area contributed by atoms with E-state index < -0.39 is 0 Å². The monoisotopic (exact) mass is 291 g/mol. The first kappa shape index (κ1) is 15.1. The van der Waals surface area contributed by atoms with Gasteiger partial charge in [-0.3, -0.25) is 0 Å². The molecule has 0 bridgehead atoms. The van der Waals surface area contributed by atoms with Crippen LogP contribution < -0.4 is 10.2 Å². The lowest BCUT2D eigenvalue weighted by molar-refractivity contribution is 0.380. The van der Waals surface area contributed by atoms with Crippen LogP contribution in [0.5, 0.6) is 0 Å². The zero-order valence-electron chi connectivity index (χ0n) is 12.6. The van der Waals surface area contributed by atoms with Gasteiger partial charge in [0, 0.05) is 38.4 Å². The summed E-state index contributed by atoms with van der Waals surface area (Å²) >= 11 is 5.46. The number of benzene rings is 1. The van der Waals surface area contributed by atoms with Crippen molar-refractivity contribution in [2.75, 3.05) is 37.6 Å². The molecule has 0 unspecified atom stereocenters. The molecule has 0 saturated carbocycles. The Bertz CT molecular complexity index is 439. The van der Waals surface area contributed by atoms with Crippen LogP contribution >= 0.6 is 12.2 Å². The van der Waals surface area contributed by atoms with E-state index in [2.05, 4.69) is 53.2 Å². The van der Waals surface area contributed by atoms with Gasteiger partial charge in [0.25, 0.3) is 0 Å². The maximum Gasteiger partial charge on any atom is 0.169 e. The third-order valence-corrected chi connectivity index (χ3v) is 4.23. The molecule has 110 valence electrons. The molecule has 0 radical (unpaired) electrons. The van der Waals surface area contributed by atoms with Crippen LogP contribution in [-0.4, -0.2) is 42.7 Å². The van der Waals surface area contributed by atoms with Gasteiger partial charge < -0.3 is 15.1 Å². The van der Waals surface area contributed by atoms with E-state index in [1.807, 2.05) is 0 Å². The summed E-state index contributed by atoms with van der Waals surface area (Å²) in [4.78, 5) is 4.75. The van der Waals surface area contributed by atoms with Crippen LogP contribution in [0.25, 0.3) is 0 Å². The normalized spacial score (nSPS) is 15.3. The zero-order chi connectivity index (χ0) is 14.4. The Morgan fingerprint density at radius 3 is 2.55 bits per heavy atom. The van der Waals surface area contributed by atoms with Gasteiger partial charge in [-0.25, -0.2) is 0 Å². The summed E-state index contributed by atoms with van der Waals surface area (Å²) < 4.78 is 0. The fraction of sp³-hybridized carbons (Fsp3) is 0.562. The quantitative estimate of drug-likeness (QED) is 0.679. The molecule has 0 atom stereocenters. The van der Waals surface area contributed by atoms with Gasteiger partial charge in [0.05, 0.1) is 0 Å². The topological polar surface area (TPSA) is 18.5 Å². The number of anilines is 1. The molecule has 1 saturated heterocycles. The standard InChI is InChI=1S/C16H25N3S/c1-3-4-9-17-16(20)19-12-10-18(11-13-19)15-8-6-5-7-14(15)2/h5-8H,3-4,9-13H2,1-2H3,(H,17,20). The summed E-state index contributed by atoms with van der Waals surface area (Å²) in [6.45, 7) is 9.47. The van der Waals surface area contributed by atoms with Crippen molar-refractivity contribution in [1.29, 1.82) is 0 Å². The third kappa shape index (κ3) is 3.85. The van der Waals surface area contributed by atoms with Gasteiger partial charge in [-0.2, -0.15) is 0 Å². The maximum atomic E-state index is 5.46. The second kappa shape index (κ2) is 7.48. The van der Waals surface area contributed by atoms with Gasteiger partial charge in [-0.15, -0.1) is 0 Å². The number of piperazine rings is 1. The van der Waals surface area contributed by atoms with Gasteiger partial charge in [-0.1, -0.05) is 31.5 Å². The number of nitrogens with one attached hydrogen (secondary N) is 1. The molecule has 0 amide bonds. The van der Waals surface area contributed by atoms with Crippen LogP contribution in [0.3, 0.4) is 0 Å². The molecule has 0 aliphatic carbocycles. The molecule has 1 aliphatic rings. The molecule has 4 heteroatoms. The summed E-state index contributed by atoms with van der Waals surface area (Å²) in [7, 11) is 0. The van der Waals surface area contributed by atoms with Gasteiger partial charge >= 0.3 is 0 Å². The number of hydrogen-bond acceptors (Lipinski definition) is 2. The van der Waals surface area contributed by atoms with E-state index in [4.69, 9.17) is 12.2 Å². The first-order chi connectivity index (χ1) is 9.72. The highest BCUT2D eigenvalue weighted by atomic mass is 32.1. The van der Waals surface area contributed by atoms with E-state index >= 15 is 0 Å². The van der Waals surface area contributed by atoms with Crippen molar-refractivity contribution >= 4 is 23.0 Å². The molecular formula is C16H25N3S. The van der Waals surface area contributed by atoms with Crippen LogP contribution in [0.15, 0.2) is 24.3 Å². The molecule has 1 heterocycles. The highest BCUT2D eigenvalue weighted by Crippen LogP contribution is 2.20. The molecule has 0 spiro atoms. The molecule has 1 aromatic rings. The van der Waals surface area contributed by atoms with E-state index in [1.54, 1.807) is 0 Å². The summed E-state index contributed by atoms with van der Waals surface area (Å²) in [6.07, 6.45) is 2.39. The predicted molar refractivity (Wildman–Crippen MR) is 90.5 cm³/mol. The maximum absolute atomic E-state index is 5.46. The fourth-order valence-electron chi connectivity index (χ4n) is 2.55. The number of aryl methyl sites for hydroxylation is 1. The average Bonchev–Trinajstić information content (AvgIpc) is 2.48. The predicted octanol–water partition coefficient (Wildman–Crippen LogP) is 2.79. The molecular weight excluding hydrogens is 266 g/mol. The second-order valence-electron chi connectivity index (χ2n) is 5.35. The summed E-state index contributed by atoms with van der Waals surface area (Å²) in [6, 6.07) is 8.61. The lowest BCUT2D eigenvalue weighted by Crippen LogP contribution is -2.52. The van der Waals surface area contributed by atoms with Gasteiger partial charge in [0.15, 0.2) is 5.11 Å².